The Kier molecular flexibility index (Phi) is 8.64. The Bertz CT molecular complexity index is 1740. The summed E-state index contributed by atoms with van der Waals surface area (Å²) < 4.78 is 32.3. The Hall–Kier alpha value is -4.32. The summed E-state index contributed by atoms with van der Waals surface area (Å²) in [5.41, 5.74) is 10.2. The molecule has 43 heavy (non-hydrogen) atoms. The van der Waals surface area contributed by atoms with Crippen molar-refractivity contribution in [2.24, 2.45) is 0 Å². The Morgan fingerprint density at radius 2 is 1.86 bits per heavy atom. The molecule has 5 aromatic rings. The van der Waals surface area contributed by atoms with Gasteiger partial charge in [0.2, 0.25) is 0 Å². The molecule has 2 N–H and O–H groups in total. The molecule has 3 aromatic carbocycles. The van der Waals surface area contributed by atoms with Gasteiger partial charge in [-0.2, -0.15) is 0 Å². The highest BCUT2D eigenvalue weighted by Crippen LogP contribution is 2.35. The van der Waals surface area contributed by atoms with E-state index in [2.05, 4.69) is 20.2 Å². The molecular weight excluding hydrogens is 573 g/mol. The van der Waals surface area contributed by atoms with E-state index < -0.39 is 5.82 Å². The highest BCUT2D eigenvalue weighted by molar-refractivity contribution is 6.30. The van der Waals surface area contributed by atoms with E-state index in [-0.39, 0.29) is 5.02 Å². The fourth-order valence-corrected chi connectivity index (χ4v) is 5.21. The molecule has 0 spiro atoms. The van der Waals surface area contributed by atoms with Crippen molar-refractivity contribution in [2.75, 3.05) is 52.3 Å². The molecule has 0 atom stereocenters. The minimum absolute atomic E-state index is 0.0704. The maximum Gasteiger partial charge on any atom is 0.162 e. The molecule has 0 aliphatic carbocycles. The van der Waals surface area contributed by atoms with E-state index in [9.17, 15) is 4.39 Å². The van der Waals surface area contributed by atoms with Gasteiger partial charge in [0.15, 0.2) is 17.3 Å². The molecule has 2 aromatic heterocycles. The van der Waals surface area contributed by atoms with Crippen molar-refractivity contribution in [1.29, 1.82) is 0 Å². The number of ether oxygens (including phenoxy) is 3. The summed E-state index contributed by atoms with van der Waals surface area (Å²) in [4.78, 5) is 11.8. The van der Waals surface area contributed by atoms with Gasteiger partial charge in [-0.25, -0.2) is 19.0 Å². The second kappa shape index (κ2) is 12.9. The zero-order chi connectivity index (χ0) is 29.8. The van der Waals surface area contributed by atoms with Crippen LogP contribution in [0.5, 0.6) is 11.5 Å². The van der Waals surface area contributed by atoms with Crippen molar-refractivity contribution >= 4 is 28.3 Å². The first kappa shape index (κ1) is 28.8. The normalized spacial score (nSPS) is 13.8. The Balaban J connectivity index is 1.19. The third kappa shape index (κ3) is 6.69. The largest absolute Gasteiger partial charge is 0.493 e. The van der Waals surface area contributed by atoms with Gasteiger partial charge in [0.1, 0.15) is 17.3 Å². The zero-order valence-electron chi connectivity index (χ0n) is 23.7. The van der Waals surface area contributed by atoms with E-state index >= 15 is 0 Å². The molecule has 222 valence electrons. The molecule has 1 fully saturated rings. The molecule has 0 saturated carbocycles. The summed E-state index contributed by atoms with van der Waals surface area (Å²) in [6.45, 7) is 5.36. The van der Waals surface area contributed by atoms with Crippen molar-refractivity contribution in [2.45, 2.75) is 13.0 Å². The van der Waals surface area contributed by atoms with Crippen LogP contribution in [0.4, 0.5) is 10.2 Å². The molecule has 12 heteroatoms. The number of benzene rings is 3. The highest BCUT2D eigenvalue weighted by Gasteiger charge is 2.15. The van der Waals surface area contributed by atoms with E-state index in [4.69, 9.17) is 36.5 Å². The number of rotatable bonds is 10. The summed E-state index contributed by atoms with van der Waals surface area (Å²) in [6.07, 6.45) is 2.70. The Morgan fingerprint density at radius 1 is 1.02 bits per heavy atom. The number of hydrogen-bond donors (Lipinski definition) is 1. The van der Waals surface area contributed by atoms with Gasteiger partial charge in [-0.15, -0.1) is 5.10 Å². The number of nitrogens with two attached hydrogens (primary N) is 1. The maximum absolute atomic E-state index is 13.5. The van der Waals surface area contributed by atoms with Crippen molar-refractivity contribution < 1.29 is 18.6 Å². The number of fused-ring (bicyclic) bond motifs is 1. The second-order valence-corrected chi connectivity index (χ2v) is 10.6. The number of aromatic nitrogens is 5. The van der Waals surface area contributed by atoms with E-state index in [0.717, 1.165) is 56.0 Å². The fourth-order valence-electron chi connectivity index (χ4n) is 5.01. The number of morpholine rings is 1. The monoisotopic (exact) mass is 603 g/mol. The third-order valence-corrected chi connectivity index (χ3v) is 7.56. The Labute approximate surface area is 253 Å². The lowest BCUT2D eigenvalue weighted by Crippen LogP contribution is -2.37. The molecule has 0 bridgehead atoms. The number of hydrogen-bond acceptors (Lipinski definition) is 9. The first-order valence-corrected chi connectivity index (χ1v) is 14.4. The van der Waals surface area contributed by atoms with E-state index in [1.165, 1.54) is 6.07 Å². The van der Waals surface area contributed by atoms with Crippen LogP contribution in [0.25, 0.3) is 33.5 Å². The van der Waals surface area contributed by atoms with E-state index in [1.54, 1.807) is 23.9 Å². The molecule has 6 rings (SSSR count). The van der Waals surface area contributed by atoms with Crippen molar-refractivity contribution in [3.8, 4) is 34.1 Å². The van der Waals surface area contributed by atoms with Gasteiger partial charge in [-0.3, -0.25) is 4.90 Å². The number of methoxy groups -OCH3 is 1. The van der Waals surface area contributed by atoms with Crippen LogP contribution < -0.4 is 15.2 Å². The fraction of sp³-hybridized carbons (Fsp3) is 0.290. The topological polar surface area (TPSA) is 113 Å². The van der Waals surface area contributed by atoms with E-state index in [0.29, 0.717) is 52.9 Å². The van der Waals surface area contributed by atoms with Gasteiger partial charge in [-0.05, 0) is 36.2 Å². The van der Waals surface area contributed by atoms with Gasteiger partial charge in [0.05, 0.1) is 50.2 Å². The summed E-state index contributed by atoms with van der Waals surface area (Å²) in [6, 6.07) is 15.9. The van der Waals surface area contributed by atoms with Crippen LogP contribution in [0.1, 0.15) is 12.0 Å². The highest BCUT2D eigenvalue weighted by atomic mass is 35.5. The van der Waals surface area contributed by atoms with Gasteiger partial charge < -0.3 is 19.9 Å². The SMILES string of the molecule is COc1cc2nc(-c3cccc(-c4cn(Cc5ccc(F)c(Cl)c5)nn4)c3)nc(N)c2cc1OCCCN1CCOCC1. The minimum Gasteiger partial charge on any atom is -0.493 e. The predicted molar refractivity (Wildman–Crippen MR) is 163 cm³/mol. The molecule has 0 amide bonds. The molecule has 0 radical (unpaired) electrons. The van der Waals surface area contributed by atoms with Crippen LogP contribution >= 0.6 is 11.6 Å². The van der Waals surface area contributed by atoms with Crippen LogP contribution in [-0.4, -0.2) is 76.4 Å². The average molecular weight is 604 g/mol. The molecule has 3 heterocycles. The molecule has 1 aliphatic rings. The molecule has 1 saturated heterocycles. The number of nitrogens with zero attached hydrogens (tertiary/aromatic N) is 6. The molecule has 1 aliphatic heterocycles. The second-order valence-electron chi connectivity index (χ2n) is 10.2. The first-order chi connectivity index (χ1) is 21.0. The first-order valence-electron chi connectivity index (χ1n) is 14.0. The van der Waals surface area contributed by atoms with E-state index in [1.807, 2.05) is 42.6 Å². The van der Waals surface area contributed by atoms with Gasteiger partial charge >= 0.3 is 0 Å². The van der Waals surface area contributed by atoms with Crippen molar-refractivity contribution in [3.05, 3.63) is 77.2 Å². The van der Waals surface area contributed by atoms with Crippen LogP contribution in [0.2, 0.25) is 5.02 Å². The summed E-state index contributed by atoms with van der Waals surface area (Å²) in [7, 11) is 1.61. The number of halogens is 2. The van der Waals surface area contributed by atoms with Crippen LogP contribution in [0, 0.1) is 5.82 Å². The summed E-state index contributed by atoms with van der Waals surface area (Å²) >= 11 is 5.92. The lowest BCUT2D eigenvalue weighted by molar-refractivity contribution is 0.0357. The quantitative estimate of drug-likeness (QED) is 0.218. The molecule has 10 nitrogen and oxygen atoms in total. The third-order valence-electron chi connectivity index (χ3n) is 7.27. The smallest absolute Gasteiger partial charge is 0.162 e. The maximum atomic E-state index is 13.5. The standard InChI is InChI=1S/C31H31ClFN7O3/c1-41-28-17-26-23(16-29(28)43-11-3-8-39-9-12-42-13-10-39)30(34)36-31(35-26)22-5-2-4-21(15-22)27-19-40(38-37-27)18-20-6-7-25(33)24(32)14-20/h2,4-7,14-17,19H,3,8-13,18H2,1H3,(H2,34,35,36). The van der Waals surface area contributed by atoms with Crippen LogP contribution in [0.15, 0.2) is 60.8 Å². The number of anilines is 1. The van der Waals surface area contributed by atoms with Crippen molar-refractivity contribution in [1.82, 2.24) is 29.9 Å². The summed E-state index contributed by atoms with van der Waals surface area (Å²) in [5, 5.41) is 9.29. The Morgan fingerprint density at radius 3 is 2.67 bits per heavy atom. The van der Waals surface area contributed by atoms with Gasteiger partial charge in [0.25, 0.3) is 0 Å². The van der Waals surface area contributed by atoms with Crippen LogP contribution in [0.3, 0.4) is 0 Å². The van der Waals surface area contributed by atoms with Crippen LogP contribution in [-0.2, 0) is 11.3 Å². The predicted octanol–water partition coefficient (Wildman–Crippen LogP) is 5.09. The molecule has 0 unspecified atom stereocenters. The number of nitrogen functional groups attached to an aromatic ring is 1. The van der Waals surface area contributed by atoms with Gasteiger partial charge in [-0.1, -0.05) is 41.1 Å². The molecular formula is C31H31ClFN7O3. The lowest BCUT2D eigenvalue weighted by Gasteiger charge is -2.26. The average Bonchev–Trinajstić information content (AvgIpc) is 3.50. The van der Waals surface area contributed by atoms with Gasteiger partial charge in [0, 0.05) is 42.2 Å². The minimum atomic E-state index is -0.458. The van der Waals surface area contributed by atoms with Crippen molar-refractivity contribution in [3.63, 3.8) is 0 Å². The zero-order valence-corrected chi connectivity index (χ0v) is 24.4. The lowest BCUT2D eigenvalue weighted by atomic mass is 10.1. The summed E-state index contributed by atoms with van der Waals surface area (Å²) in [5.74, 6) is 1.54.